The van der Waals surface area contributed by atoms with Crippen molar-refractivity contribution in [2.45, 2.75) is 19.3 Å². The van der Waals surface area contributed by atoms with Crippen LogP contribution in [0.2, 0.25) is 0 Å². The molecule has 2 aliphatic carbocycles. The van der Waals surface area contributed by atoms with Crippen LogP contribution in [0, 0.1) is 23.7 Å². The van der Waals surface area contributed by atoms with Crippen molar-refractivity contribution in [1.29, 1.82) is 0 Å². The number of imide groups is 1. The van der Waals surface area contributed by atoms with Crippen molar-refractivity contribution >= 4 is 56.1 Å². The zero-order valence-electron chi connectivity index (χ0n) is 22.0. The van der Waals surface area contributed by atoms with E-state index < -0.39 is 5.97 Å². The van der Waals surface area contributed by atoms with E-state index in [0.717, 1.165) is 29.3 Å². The largest absolute Gasteiger partial charge is 0.454 e. The van der Waals surface area contributed by atoms with Crippen molar-refractivity contribution in [3.63, 3.8) is 0 Å². The number of Topliss-reactive ketones (excluding diaryl/α,β-unsaturated/α-hetero) is 1. The van der Waals surface area contributed by atoms with E-state index in [-0.39, 0.29) is 36.0 Å². The number of hydrogen-bond acceptors (Lipinski definition) is 6. The first-order valence-corrected chi connectivity index (χ1v) is 14.5. The molecule has 2 saturated carbocycles. The monoisotopic (exact) mass is 608 g/mol. The number of hydrogen-bond donors (Lipinski definition) is 0. The number of benzene rings is 3. The molecule has 3 aromatic carbocycles. The molecule has 0 radical (unpaired) electrons. The van der Waals surface area contributed by atoms with Gasteiger partial charge in [0.1, 0.15) is 0 Å². The van der Waals surface area contributed by atoms with Crippen LogP contribution in [0.4, 0.5) is 5.69 Å². The number of nitrogens with zero attached hydrogens (tertiary/aromatic N) is 2. The Balaban J connectivity index is 1.14. The molecular weight excluding hydrogens is 584 g/mol. The molecule has 204 valence electrons. The van der Waals surface area contributed by atoms with E-state index in [2.05, 4.69) is 15.9 Å². The van der Waals surface area contributed by atoms with Crippen molar-refractivity contribution in [1.82, 2.24) is 4.98 Å². The van der Waals surface area contributed by atoms with Crippen molar-refractivity contribution < 1.29 is 23.9 Å². The average Bonchev–Trinajstić information content (AvgIpc) is 3.69. The van der Waals surface area contributed by atoms with Gasteiger partial charge in [0.15, 0.2) is 12.4 Å². The third-order valence-corrected chi connectivity index (χ3v) is 9.31. The van der Waals surface area contributed by atoms with E-state index in [4.69, 9.17) is 9.72 Å². The number of carbonyl (C=O) groups excluding carboxylic acids is 4. The predicted molar refractivity (Wildman–Crippen MR) is 156 cm³/mol. The molecule has 2 bridgehead atoms. The van der Waals surface area contributed by atoms with Crippen LogP contribution in [0.5, 0.6) is 0 Å². The molecule has 4 atom stereocenters. The molecule has 3 fully saturated rings. The minimum absolute atomic E-state index is 0.0773. The molecule has 0 unspecified atom stereocenters. The molecule has 4 aromatic rings. The van der Waals surface area contributed by atoms with Crippen LogP contribution in [0.15, 0.2) is 83.3 Å². The van der Waals surface area contributed by atoms with Gasteiger partial charge in [-0.2, -0.15) is 0 Å². The van der Waals surface area contributed by atoms with Gasteiger partial charge in [0.2, 0.25) is 11.8 Å². The maximum absolute atomic E-state index is 13.2. The minimum atomic E-state index is -0.624. The van der Waals surface area contributed by atoms with Crippen LogP contribution < -0.4 is 4.90 Å². The van der Waals surface area contributed by atoms with Gasteiger partial charge in [0.05, 0.1) is 34.3 Å². The number of anilines is 1. The number of pyridine rings is 1. The first-order chi connectivity index (χ1) is 19.9. The third kappa shape index (κ3) is 4.37. The summed E-state index contributed by atoms with van der Waals surface area (Å²) in [5, 5.41) is 0.614. The number of fused-ring (bicyclic) bond motifs is 6. The van der Waals surface area contributed by atoms with Crippen molar-refractivity contribution in [2.24, 2.45) is 23.7 Å². The van der Waals surface area contributed by atoms with Crippen molar-refractivity contribution in [3.8, 4) is 11.3 Å². The smallest absolute Gasteiger partial charge is 0.339 e. The van der Waals surface area contributed by atoms with E-state index in [9.17, 15) is 19.2 Å². The number of rotatable bonds is 6. The highest BCUT2D eigenvalue weighted by atomic mass is 79.9. The second-order valence-corrected chi connectivity index (χ2v) is 11.9. The second-order valence-electron chi connectivity index (χ2n) is 11.0. The Morgan fingerprint density at radius 3 is 2.22 bits per heavy atom. The highest BCUT2D eigenvalue weighted by molar-refractivity contribution is 9.10. The summed E-state index contributed by atoms with van der Waals surface area (Å²) >= 11 is 3.34. The first kappa shape index (κ1) is 25.8. The summed E-state index contributed by atoms with van der Waals surface area (Å²) in [6.07, 6.45) is 3.07. The highest BCUT2D eigenvalue weighted by Crippen LogP contribution is 2.56. The lowest BCUT2D eigenvalue weighted by Gasteiger charge is -2.19. The molecule has 1 saturated heterocycles. The summed E-state index contributed by atoms with van der Waals surface area (Å²) < 4.78 is 6.28. The van der Waals surface area contributed by atoms with E-state index in [0.29, 0.717) is 45.2 Å². The molecule has 8 heteroatoms. The lowest BCUT2D eigenvalue weighted by Crippen LogP contribution is -2.32. The maximum Gasteiger partial charge on any atom is 0.339 e. The summed E-state index contributed by atoms with van der Waals surface area (Å²) in [4.78, 5) is 58.4. The summed E-state index contributed by atoms with van der Waals surface area (Å²) in [6.45, 7) is -0.386. The SMILES string of the molecule is O=C(COC(=O)c1cc(-c2ccc(N3C(=O)[C@@H]4[C@H]5CC[C@@H](C5)[C@H]4C3=O)cc2)nc2ccccc12)c1ccc(Br)cc1. The Morgan fingerprint density at radius 1 is 0.878 bits per heavy atom. The molecule has 2 amide bonds. The molecule has 7 rings (SSSR count). The fourth-order valence-corrected chi connectivity index (χ4v) is 7.13. The van der Waals surface area contributed by atoms with Gasteiger partial charge in [0, 0.05) is 21.0 Å². The molecule has 2 heterocycles. The molecule has 3 aliphatic rings. The Kier molecular flexibility index (Phi) is 6.31. The molecule has 41 heavy (non-hydrogen) atoms. The summed E-state index contributed by atoms with van der Waals surface area (Å²) in [5.41, 5.74) is 3.17. The van der Waals surface area contributed by atoms with Crippen LogP contribution >= 0.6 is 15.9 Å². The standard InChI is InChI=1S/C33H25BrN2O5/c34-22-11-7-19(8-12-22)28(37)17-41-33(40)25-16-27(35-26-4-2-1-3-24(25)26)18-9-13-23(14-10-18)36-31(38)29-20-5-6-21(15-20)30(29)32(36)39/h1-4,7-14,16,20-21,29-30H,5-6,15,17H2/t20-,21-,29+,30+/m0/s1. The quantitative estimate of drug-likeness (QED) is 0.146. The molecule has 1 aromatic heterocycles. The predicted octanol–water partition coefficient (Wildman–Crippen LogP) is 6.24. The van der Waals surface area contributed by atoms with Gasteiger partial charge in [-0.05, 0) is 67.5 Å². The number of amides is 2. The third-order valence-electron chi connectivity index (χ3n) is 8.79. The lowest BCUT2D eigenvalue weighted by atomic mass is 9.81. The van der Waals surface area contributed by atoms with Crippen LogP contribution in [0.1, 0.15) is 40.0 Å². The molecule has 7 nitrogen and oxygen atoms in total. The van der Waals surface area contributed by atoms with Crippen LogP contribution in [0.25, 0.3) is 22.2 Å². The van der Waals surface area contributed by atoms with Gasteiger partial charge in [-0.15, -0.1) is 0 Å². The number of ketones is 1. The van der Waals surface area contributed by atoms with E-state index in [1.165, 1.54) is 4.90 Å². The summed E-state index contributed by atoms with van der Waals surface area (Å²) in [6, 6.07) is 22.9. The number of aromatic nitrogens is 1. The Morgan fingerprint density at radius 2 is 1.54 bits per heavy atom. The fourth-order valence-electron chi connectivity index (χ4n) is 6.86. The Bertz CT molecular complexity index is 1710. The normalized spacial score (nSPS) is 22.8. The Hall–Kier alpha value is -4.17. The van der Waals surface area contributed by atoms with Gasteiger partial charge in [0.25, 0.3) is 0 Å². The van der Waals surface area contributed by atoms with E-state index >= 15 is 0 Å². The molecular formula is C33H25BrN2O5. The number of para-hydroxylation sites is 1. The topological polar surface area (TPSA) is 93.6 Å². The number of ether oxygens (including phenoxy) is 1. The average molecular weight is 609 g/mol. The van der Waals surface area contributed by atoms with Gasteiger partial charge in [-0.1, -0.05) is 58.4 Å². The van der Waals surface area contributed by atoms with Crippen LogP contribution in [-0.2, 0) is 14.3 Å². The van der Waals surface area contributed by atoms with Gasteiger partial charge in [-0.3, -0.25) is 19.3 Å². The lowest BCUT2D eigenvalue weighted by molar-refractivity contribution is -0.123. The first-order valence-electron chi connectivity index (χ1n) is 13.7. The van der Waals surface area contributed by atoms with E-state index in [1.54, 1.807) is 48.5 Å². The molecule has 0 spiro atoms. The zero-order valence-corrected chi connectivity index (χ0v) is 23.5. The second kappa shape index (κ2) is 10.0. The molecule has 1 aliphatic heterocycles. The van der Waals surface area contributed by atoms with Crippen molar-refractivity contribution in [2.75, 3.05) is 11.5 Å². The van der Waals surface area contributed by atoms with Crippen LogP contribution in [0.3, 0.4) is 0 Å². The Labute approximate surface area is 244 Å². The molecule has 0 N–H and O–H groups in total. The van der Waals surface area contributed by atoms with Crippen LogP contribution in [-0.4, -0.2) is 35.2 Å². The van der Waals surface area contributed by atoms with Crippen molar-refractivity contribution in [3.05, 3.63) is 94.5 Å². The maximum atomic E-state index is 13.2. The fraction of sp³-hybridized carbons (Fsp3) is 0.242. The number of esters is 1. The highest BCUT2D eigenvalue weighted by Gasteiger charge is 2.61. The summed E-state index contributed by atoms with van der Waals surface area (Å²) in [7, 11) is 0. The van der Waals surface area contributed by atoms with E-state index in [1.807, 2.05) is 30.3 Å². The van der Waals surface area contributed by atoms with Gasteiger partial charge >= 0.3 is 5.97 Å². The number of halogens is 1. The van der Waals surface area contributed by atoms with Gasteiger partial charge < -0.3 is 4.74 Å². The zero-order chi connectivity index (χ0) is 28.2. The summed E-state index contributed by atoms with van der Waals surface area (Å²) in [5.74, 6) is -0.770. The van der Waals surface area contributed by atoms with Gasteiger partial charge in [-0.25, -0.2) is 9.78 Å². The minimum Gasteiger partial charge on any atom is -0.454 e. The number of carbonyl (C=O) groups is 4.